The third-order valence-electron chi connectivity index (χ3n) is 4.64. The minimum absolute atomic E-state index is 0.286. The lowest BCUT2D eigenvalue weighted by Gasteiger charge is -2.22. The largest absolute Gasteiger partial charge is 0.383 e. The van der Waals surface area contributed by atoms with E-state index in [-0.39, 0.29) is 5.92 Å². The molecule has 3 aromatic heterocycles. The number of H-pyrrole nitrogens is 1. The molecule has 0 saturated heterocycles. The van der Waals surface area contributed by atoms with Gasteiger partial charge in [0.2, 0.25) is 0 Å². The molecule has 4 N–H and O–H groups in total. The van der Waals surface area contributed by atoms with E-state index in [2.05, 4.69) is 38.6 Å². The van der Waals surface area contributed by atoms with E-state index in [1.54, 1.807) is 6.08 Å². The van der Waals surface area contributed by atoms with Gasteiger partial charge in [-0.2, -0.15) is 5.10 Å². The number of aryl methyl sites for hydroxylation is 1. The van der Waals surface area contributed by atoms with Crippen LogP contribution in [0.15, 0.2) is 37.2 Å². The summed E-state index contributed by atoms with van der Waals surface area (Å²) in [5, 5.41) is 11.6. The Labute approximate surface area is 193 Å². The highest BCUT2D eigenvalue weighted by Gasteiger charge is 2.22. The molecule has 174 valence electrons. The third kappa shape index (κ3) is 6.73. The van der Waals surface area contributed by atoms with Crippen LogP contribution >= 0.6 is 0 Å². The van der Waals surface area contributed by atoms with E-state index in [1.165, 1.54) is 17.3 Å². The van der Waals surface area contributed by atoms with Gasteiger partial charge >= 0.3 is 11.8 Å². The van der Waals surface area contributed by atoms with Gasteiger partial charge in [0.15, 0.2) is 0 Å². The van der Waals surface area contributed by atoms with Crippen LogP contribution in [0.5, 0.6) is 0 Å². The summed E-state index contributed by atoms with van der Waals surface area (Å²) in [6.07, 6.45) is 6.50. The number of amides is 2. The number of fused-ring (bicyclic) bond motifs is 1. The summed E-state index contributed by atoms with van der Waals surface area (Å²) in [6, 6.07) is 3.90. The Kier molecular flexibility index (Phi) is 8.85. The van der Waals surface area contributed by atoms with E-state index >= 15 is 0 Å². The van der Waals surface area contributed by atoms with E-state index in [9.17, 15) is 9.59 Å². The second-order valence-corrected chi connectivity index (χ2v) is 7.81. The molecule has 0 aliphatic rings. The maximum Gasteiger partial charge on any atom is 0.314 e. The quantitative estimate of drug-likeness (QED) is 0.509. The molecule has 0 bridgehead atoms. The number of allylic oxidation sites excluding steroid dienone is 1. The van der Waals surface area contributed by atoms with Gasteiger partial charge in [-0.05, 0) is 37.1 Å². The van der Waals surface area contributed by atoms with Gasteiger partial charge in [-0.3, -0.25) is 19.7 Å². The van der Waals surface area contributed by atoms with Crippen molar-refractivity contribution < 1.29 is 9.59 Å². The fraction of sp³-hybridized carbons (Fsp3) is 0.292. The van der Waals surface area contributed by atoms with Gasteiger partial charge < -0.3 is 16.0 Å². The number of nitrogens with one attached hydrogen (secondary N) is 2. The molecule has 0 aliphatic heterocycles. The van der Waals surface area contributed by atoms with E-state index in [0.29, 0.717) is 35.5 Å². The highest BCUT2D eigenvalue weighted by Crippen LogP contribution is 2.23. The van der Waals surface area contributed by atoms with Crippen LogP contribution in [0.4, 0.5) is 11.5 Å². The SMILES string of the molecule is C=C/C=c1/nc(C)ccc1=C.CCN(CC(C)C)C(=O)C(=O)Nc1cnc(N)c2cn[nH]c12. The lowest BCUT2D eigenvalue weighted by atomic mass is 10.2. The van der Waals surface area contributed by atoms with Crippen molar-refractivity contribution in [3.05, 3.63) is 53.4 Å². The van der Waals surface area contributed by atoms with Crippen LogP contribution in [-0.2, 0) is 9.59 Å². The molecule has 3 rings (SSSR count). The molecule has 0 spiro atoms. The highest BCUT2D eigenvalue weighted by molar-refractivity contribution is 6.40. The number of nitrogens with zero attached hydrogens (tertiary/aromatic N) is 4. The summed E-state index contributed by atoms with van der Waals surface area (Å²) < 4.78 is 0. The Morgan fingerprint density at radius 2 is 2.03 bits per heavy atom. The van der Waals surface area contributed by atoms with E-state index in [1.807, 2.05) is 45.9 Å². The Bertz CT molecular complexity index is 1250. The van der Waals surface area contributed by atoms with Gasteiger partial charge in [-0.15, -0.1) is 0 Å². The standard InChI is InChI=1S/C14H20N6O2.C10H11N/c1-4-20(7-8(2)3)14(22)13(21)18-10-6-16-12(15)9-5-17-19-11(9)10;1-4-5-10-8(2)6-7-9(3)11-10/h5-6,8H,4,7H2,1-3H3,(H2,15,16)(H,17,19)(H,18,21);4-7H,1-2H2,3H3/b;10-5+. The van der Waals surface area contributed by atoms with Crippen LogP contribution in [-0.4, -0.2) is 50.0 Å². The smallest absolute Gasteiger partial charge is 0.314 e. The van der Waals surface area contributed by atoms with E-state index < -0.39 is 11.8 Å². The van der Waals surface area contributed by atoms with Gasteiger partial charge in [0.1, 0.15) is 5.82 Å². The predicted molar refractivity (Wildman–Crippen MR) is 132 cm³/mol. The maximum absolute atomic E-state index is 12.2. The van der Waals surface area contributed by atoms with Gasteiger partial charge in [-0.1, -0.05) is 39.1 Å². The number of rotatable bonds is 5. The Morgan fingerprint density at radius 3 is 2.67 bits per heavy atom. The summed E-state index contributed by atoms with van der Waals surface area (Å²) in [5.74, 6) is -0.678. The van der Waals surface area contributed by atoms with E-state index in [4.69, 9.17) is 5.73 Å². The Morgan fingerprint density at radius 1 is 1.30 bits per heavy atom. The summed E-state index contributed by atoms with van der Waals surface area (Å²) in [7, 11) is 0. The second-order valence-electron chi connectivity index (χ2n) is 7.81. The molecular formula is C24H31N7O2. The number of pyridine rings is 2. The van der Waals surface area contributed by atoms with Crippen molar-refractivity contribution in [2.24, 2.45) is 5.92 Å². The zero-order valence-electron chi connectivity index (χ0n) is 19.6. The first kappa shape index (κ1) is 25.3. The average Bonchev–Trinajstić information content (AvgIpc) is 3.28. The van der Waals surface area contributed by atoms with E-state index in [0.717, 1.165) is 16.3 Å². The number of aromatic nitrogens is 4. The highest BCUT2D eigenvalue weighted by atomic mass is 16.2. The average molecular weight is 450 g/mol. The number of carbonyl (C=O) groups is 2. The van der Waals surface area contributed by atoms with Crippen LogP contribution in [0, 0.1) is 12.8 Å². The number of aromatic amines is 1. The molecule has 2 amide bonds. The van der Waals surface area contributed by atoms with Crippen LogP contribution < -0.4 is 21.6 Å². The molecule has 0 saturated carbocycles. The molecule has 0 unspecified atom stereocenters. The summed E-state index contributed by atoms with van der Waals surface area (Å²) in [5.41, 5.74) is 7.65. The normalized spacial score (nSPS) is 11.1. The fourth-order valence-corrected chi connectivity index (χ4v) is 3.03. The Hall–Kier alpha value is -4.01. The molecule has 0 atom stereocenters. The minimum atomic E-state index is -0.704. The predicted octanol–water partition coefficient (Wildman–Crippen LogP) is 1.75. The molecule has 0 aromatic carbocycles. The third-order valence-corrected chi connectivity index (χ3v) is 4.64. The molecule has 0 radical (unpaired) electrons. The lowest BCUT2D eigenvalue weighted by Crippen LogP contribution is -2.41. The molecule has 0 fully saturated rings. The van der Waals surface area contributed by atoms with Crippen LogP contribution in [0.1, 0.15) is 26.5 Å². The zero-order valence-corrected chi connectivity index (χ0v) is 19.6. The summed E-state index contributed by atoms with van der Waals surface area (Å²) in [6.45, 7) is 16.2. The lowest BCUT2D eigenvalue weighted by molar-refractivity contribution is -0.143. The van der Waals surface area contributed by atoms with Gasteiger partial charge in [0, 0.05) is 18.8 Å². The van der Waals surface area contributed by atoms with Crippen molar-refractivity contribution >= 4 is 46.9 Å². The summed E-state index contributed by atoms with van der Waals surface area (Å²) in [4.78, 5) is 34.1. The van der Waals surface area contributed by atoms with Crippen molar-refractivity contribution in [2.75, 3.05) is 24.1 Å². The summed E-state index contributed by atoms with van der Waals surface area (Å²) >= 11 is 0. The van der Waals surface area contributed by atoms with Crippen LogP contribution in [0.3, 0.4) is 0 Å². The Balaban J connectivity index is 0.000000294. The number of anilines is 2. The zero-order chi connectivity index (χ0) is 24.5. The number of nitrogens with two attached hydrogens (primary N) is 1. The van der Waals surface area contributed by atoms with Crippen molar-refractivity contribution in [1.29, 1.82) is 0 Å². The number of likely N-dealkylation sites (N-methyl/N-ethyl adjacent to an activating group) is 1. The first-order chi connectivity index (χ1) is 15.7. The molecule has 3 aromatic rings. The van der Waals surface area contributed by atoms with Gasteiger partial charge in [0.25, 0.3) is 0 Å². The minimum Gasteiger partial charge on any atom is -0.383 e. The number of hydrogen-bond acceptors (Lipinski definition) is 6. The first-order valence-electron chi connectivity index (χ1n) is 10.6. The maximum atomic E-state index is 12.2. The van der Waals surface area contributed by atoms with Crippen molar-refractivity contribution in [3.63, 3.8) is 0 Å². The molecule has 9 heteroatoms. The molecule has 3 heterocycles. The van der Waals surface area contributed by atoms with Crippen molar-refractivity contribution in [1.82, 2.24) is 25.1 Å². The van der Waals surface area contributed by atoms with Crippen LogP contribution in [0.25, 0.3) is 23.6 Å². The molecule has 33 heavy (non-hydrogen) atoms. The molecule has 0 aliphatic carbocycles. The van der Waals surface area contributed by atoms with Crippen molar-refractivity contribution in [2.45, 2.75) is 27.7 Å². The fourth-order valence-electron chi connectivity index (χ4n) is 3.03. The first-order valence-corrected chi connectivity index (χ1v) is 10.6. The van der Waals surface area contributed by atoms with Gasteiger partial charge in [-0.25, -0.2) is 4.98 Å². The van der Waals surface area contributed by atoms with Crippen molar-refractivity contribution in [3.8, 4) is 0 Å². The number of hydrogen-bond donors (Lipinski definition) is 3. The topological polar surface area (TPSA) is 130 Å². The number of nitrogen functional groups attached to an aromatic ring is 1. The molecule has 9 nitrogen and oxygen atoms in total. The number of carbonyl (C=O) groups excluding carboxylic acids is 2. The monoisotopic (exact) mass is 449 g/mol. The van der Waals surface area contributed by atoms with Gasteiger partial charge in [0.05, 0.1) is 34.3 Å². The molecular weight excluding hydrogens is 418 g/mol. The second kappa shape index (κ2) is 11.6. The van der Waals surface area contributed by atoms with Crippen LogP contribution in [0.2, 0.25) is 0 Å².